The van der Waals surface area contributed by atoms with Crippen LogP contribution < -0.4 is 10.6 Å². The van der Waals surface area contributed by atoms with E-state index in [1.165, 1.54) is 19.0 Å². The van der Waals surface area contributed by atoms with Crippen LogP contribution in [0, 0.1) is 6.92 Å². The lowest BCUT2D eigenvalue weighted by molar-refractivity contribution is 0.102. The monoisotopic (exact) mass is 332 g/mol. The number of carbonyl (C=O) groups excluding carboxylic acids is 1. The Kier molecular flexibility index (Phi) is 6.35. The SMILES string of the molecule is CCCCCNc1cnc(C(=O)Nc2ccc(Cl)cc2C)cn1. The molecule has 2 N–H and O–H groups in total. The number of nitrogens with zero attached hydrogens (tertiary/aromatic N) is 2. The molecule has 1 amide bonds. The van der Waals surface area contributed by atoms with Gasteiger partial charge in [-0.2, -0.15) is 0 Å². The van der Waals surface area contributed by atoms with E-state index in [1.807, 2.05) is 6.92 Å². The summed E-state index contributed by atoms with van der Waals surface area (Å²) in [6, 6.07) is 5.30. The number of rotatable bonds is 7. The Morgan fingerprint density at radius 1 is 1.22 bits per heavy atom. The fourth-order valence-corrected chi connectivity index (χ4v) is 2.31. The Morgan fingerprint density at radius 3 is 2.70 bits per heavy atom. The molecule has 6 heteroatoms. The first-order chi connectivity index (χ1) is 11.1. The standard InChI is InChI=1S/C17H21ClN4O/c1-3-4-5-8-19-16-11-20-15(10-21-16)17(23)22-14-7-6-13(18)9-12(14)2/h6-7,9-11H,3-5,8H2,1-2H3,(H,19,21)(H,22,23). The predicted molar refractivity (Wildman–Crippen MR) is 94.2 cm³/mol. The fourth-order valence-electron chi connectivity index (χ4n) is 2.08. The summed E-state index contributed by atoms with van der Waals surface area (Å²) in [5.41, 5.74) is 1.88. The maximum absolute atomic E-state index is 12.2. The third-order valence-corrected chi connectivity index (χ3v) is 3.64. The van der Waals surface area contributed by atoms with Crippen LogP contribution in [0.3, 0.4) is 0 Å². The normalized spacial score (nSPS) is 10.4. The highest BCUT2D eigenvalue weighted by Gasteiger charge is 2.10. The van der Waals surface area contributed by atoms with Gasteiger partial charge in [-0.25, -0.2) is 9.97 Å². The molecular formula is C17H21ClN4O. The van der Waals surface area contributed by atoms with Gasteiger partial charge in [0.15, 0.2) is 0 Å². The molecule has 23 heavy (non-hydrogen) atoms. The lowest BCUT2D eigenvalue weighted by Crippen LogP contribution is -2.15. The van der Waals surface area contributed by atoms with E-state index in [-0.39, 0.29) is 11.6 Å². The Labute approximate surface area is 141 Å². The second kappa shape index (κ2) is 8.48. The highest BCUT2D eigenvalue weighted by atomic mass is 35.5. The molecule has 0 aliphatic rings. The number of benzene rings is 1. The van der Waals surface area contributed by atoms with Crippen LogP contribution in [0.4, 0.5) is 11.5 Å². The van der Waals surface area contributed by atoms with E-state index in [2.05, 4.69) is 27.5 Å². The van der Waals surface area contributed by atoms with Crippen molar-refractivity contribution in [2.45, 2.75) is 33.1 Å². The van der Waals surface area contributed by atoms with Gasteiger partial charge in [-0.3, -0.25) is 4.79 Å². The summed E-state index contributed by atoms with van der Waals surface area (Å²) in [6.07, 6.45) is 6.51. The minimum atomic E-state index is -0.291. The molecule has 0 unspecified atom stereocenters. The molecule has 0 aliphatic carbocycles. The molecule has 2 rings (SSSR count). The molecule has 122 valence electrons. The van der Waals surface area contributed by atoms with Crippen molar-refractivity contribution in [3.8, 4) is 0 Å². The number of halogens is 1. The van der Waals surface area contributed by atoms with Crippen LogP contribution in [0.15, 0.2) is 30.6 Å². The number of amides is 1. The van der Waals surface area contributed by atoms with Crippen molar-refractivity contribution in [2.24, 2.45) is 0 Å². The molecular weight excluding hydrogens is 312 g/mol. The predicted octanol–water partition coefficient (Wildman–Crippen LogP) is 4.29. The number of hydrogen-bond acceptors (Lipinski definition) is 4. The number of aryl methyl sites for hydroxylation is 1. The van der Waals surface area contributed by atoms with Crippen LogP contribution in [-0.2, 0) is 0 Å². The maximum atomic E-state index is 12.2. The second-order valence-electron chi connectivity index (χ2n) is 5.33. The Balaban J connectivity index is 1.94. The fraction of sp³-hybridized carbons (Fsp3) is 0.353. The smallest absolute Gasteiger partial charge is 0.275 e. The highest BCUT2D eigenvalue weighted by Crippen LogP contribution is 2.20. The summed E-state index contributed by atoms with van der Waals surface area (Å²) in [4.78, 5) is 20.6. The number of aromatic nitrogens is 2. The van der Waals surface area contributed by atoms with E-state index in [1.54, 1.807) is 24.4 Å². The van der Waals surface area contributed by atoms with Crippen molar-refractivity contribution in [1.82, 2.24) is 9.97 Å². The molecule has 0 fully saturated rings. The summed E-state index contributed by atoms with van der Waals surface area (Å²) in [7, 11) is 0. The lowest BCUT2D eigenvalue weighted by Gasteiger charge is -2.09. The van der Waals surface area contributed by atoms with Crippen LogP contribution in [0.2, 0.25) is 5.02 Å². The first-order valence-corrected chi connectivity index (χ1v) is 8.11. The van der Waals surface area contributed by atoms with Crippen molar-refractivity contribution in [1.29, 1.82) is 0 Å². The molecule has 1 heterocycles. The minimum absolute atomic E-state index is 0.276. The molecule has 0 saturated carbocycles. The Bertz CT molecular complexity index is 658. The molecule has 0 spiro atoms. The second-order valence-corrected chi connectivity index (χ2v) is 5.77. The van der Waals surface area contributed by atoms with E-state index < -0.39 is 0 Å². The minimum Gasteiger partial charge on any atom is -0.369 e. The molecule has 1 aromatic heterocycles. The molecule has 1 aromatic carbocycles. The topological polar surface area (TPSA) is 66.9 Å². The summed E-state index contributed by atoms with van der Waals surface area (Å²) >= 11 is 5.91. The lowest BCUT2D eigenvalue weighted by atomic mass is 10.2. The zero-order valence-corrected chi connectivity index (χ0v) is 14.2. The van der Waals surface area contributed by atoms with Crippen LogP contribution in [0.25, 0.3) is 0 Å². The van der Waals surface area contributed by atoms with Crippen LogP contribution in [-0.4, -0.2) is 22.4 Å². The maximum Gasteiger partial charge on any atom is 0.275 e. The first-order valence-electron chi connectivity index (χ1n) is 7.73. The molecule has 0 saturated heterocycles. The summed E-state index contributed by atoms with van der Waals surface area (Å²) in [5.74, 6) is 0.390. The Hall–Kier alpha value is -2.14. The van der Waals surface area contributed by atoms with Crippen LogP contribution >= 0.6 is 11.6 Å². The number of nitrogens with one attached hydrogen (secondary N) is 2. The van der Waals surface area contributed by atoms with Crippen molar-refractivity contribution in [3.05, 3.63) is 46.9 Å². The summed E-state index contributed by atoms with van der Waals surface area (Å²) in [5, 5.41) is 6.64. The third-order valence-electron chi connectivity index (χ3n) is 3.41. The van der Waals surface area contributed by atoms with Gasteiger partial charge in [-0.1, -0.05) is 31.4 Å². The molecule has 0 aliphatic heterocycles. The molecule has 2 aromatic rings. The van der Waals surface area contributed by atoms with Gasteiger partial charge in [0.05, 0.1) is 12.4 Å². The first kappa shape index (κ1) is 17.2. The van der Waals surface area contributed by atoms with Crippen molar-refractivity contribution in [3.63, 3.8) is 0 Å². The van der Waals surface area contributed by atoms with Gasteiger partial charge in [0.2, 0.25) is 0 Å². The number of hydrogen-bond donors (Lipinski definition) is 2. The summed E-state index contributed by atoms with van der Waals surface area (Å²) < 4.78 is 0. The summed E-state index contributed by atoms with van der Waals surface area (Å²) in [6.45, 7) is 4.91. The highest BCUT2D eigenvalue weighted by molar-refractivity contribution is 6.30. The zero-order chi connectivity index (χ0) is 16.7. The Morgan fingerprint density at radius 2 is 2.04 bits per heavy atom. The van der Waals surface area contributed by atoms with Crippen molar-refractivity contribution < 1.29 is 4.79 Å². The van der Waals surface area contributed by atoms with Gasteiger partial charge >= 0.3 is 0 Å². The molecule has 0 atom stereocenters. The van der Waals surface area contributed by atoms with Gasteiger partial charge in [-0.15, -0.1) is 0 Å². The number of anilines is 2. The quantitative estimate of drug-likeness (QED) is 0.742. The average molecular weight is 333 g/mol. The van der Waals surface area contributed by atoms with Crippen LogP contribution in [0.5, 0.6) is 0 Å². The van der Waals surface area contributed by atoms with E-state index >= 15 is 0 Å². The van der Waals surface area contributed by atoms with Gasteiger partial charge in [0, 0.05) is 17.3 Å². The van der Waals surface area contributed by atoms with Gasteiger partial charge in [0.25, 0.3) is 5.91 Å². The molecule has 5 nitrogen and oxygen atoms in total. The van der Waals surface area contributed by atoms with Crippen molar-refractivity contribution in [2.75, 3.05) is 17.2 Å². The molecule has 0 bridgehead atoms. The molecule has 0 radical (unpaired) electrons. The largest absolute Gasteiger partial charge is 0.369 e. The van der Waals surface area contributed by atoms with E-state index in [0.29, 0.717) is 16.5 Å². The van der Waals surface area contributed by atoms with E-state index in [4.69, 9.17) is 11.6 Å². The number of unbranched alkanes of at least 4 members (excludes halogenated alkanes) is 2. The van der Waals surface area contributed by atoms with E-state index in [9.17, 15) is 4.79 Å². The third kappa shape index (κ3) is 5.21. The van der Waals surface area contributed by atoms with Crippen molar-refractivity contribution >= 4 is 29.0 Å². The van der Waals surface area contributed by atoms with Gasteiger partial charge < -0.3 is 10.6 Å². The van der Waals surface area contributed by atoms with Gasteiger partial charge in [-0.05, 0) is 37.1 Å². The van der Waals surface area contributed by atoms with Gasteiger partial charge in [0.1, 0.15) is 11.5 Å². The van der Waals surface area contributed by atoms with Crippen LogP contribution in [0.1, 0.15) is 42.2 Å². The zero-order valence-electron chi connectivity index (χ0n) is 13.4. The average Bonchev–Trinajstić information content (AvgIpc) is 2.55. The number of carbonyl (C=O) groups is 1. The van der Waals surface area contributed by atoms with E-state index in [0.717, 1.165) is 18.5 Å².